The molecule has 1 heterocycles. The van der Waals surface area contributed by atoms with Crippen LogP contribution in [0.4, 0.5) is 0 Å². The number of benzene rings is 1. The van der Waals surface area contributed by atoms with E-state index in [-0.39, 0.29) is 5.69 Å². The van der Waals surface area contributed by atoms with E-state index in [0.29, 0.717) is 18.2 Å². The SMILES string of the molecule is CCCOc1ccc(Oc2cnc(C(=O)OC)cn2)cc1. The second-order valence-electron chi connectivity index (χ2n) is 4.15. The molecule has 1 aromatic heterocycles. The molecule has 0 N–H and O–H groups in total. The van der Waals surface area contributed by atoms with Gasteiger partial charge in [0.25, 0.3) is 0 Å². The van der Waals surface area contributed by atoms with Crippen LogP contribution in [0.3, 0.4) is 0 Å². The Morgan fingerprint density at radius 2 is 1.81 bits per heavy atom. The van der Waals surface area contributed by atoms with Crippen LogP contribution in [0.25, 0.3) is 0 Å². The van der Waals surface area contributed by atoms with Gasteiger partial charge in [-0.15, -0.1) is 0 Å². The van der Waals surface area contributed by atoms with Gasteiger partial charge in [0.15, 0.2) is 5.69 Å². The second-order valence-corrected chi connectivity index (χ2v) is 4.15. The fourth-order valence-electron chi connectivity index (χ4n) is 1.52. The van der Waals surface area contributed by atoms with Crippen LogP contribution in [0.15, 0.2) is 36.7 Å². The van der Waals surface area contributed by atoms with Crippen LogP contribution >= 0.6 is 0 Å². The summed E-state index contributed by atoms with van der Waals surface area (Å²) in [5.74, 6) is 1.16. The molecule has 0 bridgehead atoms. The zero-order chi connectivity index (χ0) is 15.1. The van der Waals surface area contributed by atoms with Crippen LogP contribution in [-0.4, -0.2) is 29.7 Å². The maximum absolute atomic E-state index is 11.2. The summed E-state index contributed by atoms with van der Waals surface area (Å²) >= 11 is 0. The average molecular weight is 288 g/mol. The molecule has 0 spiro atoms. The number of hydrogen-bond acceptors (Lipinski definition) is 6. The molecule has 0 aliphatic rings. The third-order valence-corrected chi connectivity index (χ3v) is 2.54. The van der Waals surface area contributed by atoms with E-state index in [1.54, 1.807) is 12.1 Å². The average Bonchev–Trinajstić information content (AvgIpc) is 2.54. The standard InChI is InChI=1S/C15H16N2O4/c1-3-8-20-11-4-6-12(7-5-11)21-14-10-16-13(9-17-14)15(18)19-2/h4-7,9-10H,3,8H2,1-2H3. The molecule has 0 amide bonds. The van der Waals surface area contributed by atoms with Crippen molar-refractivity contribution in [2.75, 3.05) is 13.7 Å². The summed E-state index contributed by atoms with van der Waals surface area (Å²) in [7, 11) is 1.29. The van der Waals surface area contributed by atoms with E-state index in [9.17, 15) is 4.79 Å². The Morgan fingerprint density at radius 1 is 1.10 bits per heavy atom. The predicted octanol–water partition coefficient (Wildman–Crippen LogP) is 2.84. The number of methoxy groups -OCH3 is 1. The molecule has 0 fully saturated rings. The number of carbonyl (C=O) groups excluding carboxylic acids is 1. The molecule has 0 saturated carbocycles. The van der Waals surface area contributed by atoms with E-state index in [1.807, 2.05) is 19.1 Å². The lowest BCUT2D eigenvalue weighted by molar-refractivity contribution is 0.0593. The largest absolute Gasteiger partial charge is 0.494 e. The molecular weight excluding hydrogens is 272 g/mol. The van der Waals surface area contributed by atoms with Gasteiger partial charge < -0.3 is 14.2 Å². The van der Waals surface area contributed by atoms with Gasteiger partial charge in [-0.05, 0) is 30.7 Å². The Bertz CT molecular complexity index is 582. The van der Waals surface area contributed by atoms with Gasteiger partial charge in [0.05, 0.1) is 26.1 Å². The molecule has 0 aliphatic carbocycles. The zero-order valence-electron chi connectivity index (χ0n) is 11.9. The molecule has 6 heteroatoms. The van der Waals surface area contributed by atoms with E-state index in [0.717, 1.165) is 12.2 Å². The minimum absolute atomic E-state index is 0.133. The Kier molecular flexibility index (Phi) is 5.09. The number of carbonyl (C=O) groups is 1. The third-order valence-electron chi connectivity index (χ3n) is 2.54. The molecule has 0 atom stereocenters. The fraction of sp³-hybridized carbons (Fsp3) is 0.267. The van der Waals surface area contributed by atoms with Crippen molar-refractivity contribution in [3.8, 4) is 17.4 Å². The van der Waals surface area contributed by atoms with Crippen LogP contribution in [0.2, 0.25) is 0 Å². The van der Waals surface area contributed by atoms with Gasteiger partial charge in [-0.25, -0.2) is 14.8 Å². The summed E-state index contributed by atoms with van der Waals surface area (Å²) < 4.78 is 15.5. The van der Waals surface area contributed by atoms with Crippen molar-refractivity contribution in [3.05, 3.63) is 42.4 Å². The van der Waals surface area contributed by atoms with Gasteiger partial charge >= 0.3 is 5.97 Å². The lowest BCUT2D eigenvalue weighted by Crippen LogP contribution is -2.04. The first-order valence-corrected chi connectivity index (χ1v) is 6.54. The zero-order valence-corrected chi connectivity index (χ0v) is 11.9. The summed E-state index contributed by atoms with van der Waals surface area (Å²) in [5.41, 5.74) is 0.133. The van der Waals surface area contributed by atoms with Gasteiger partial charge in [0.2, 0.25) is 5.88 Å². The van der Waals surface area contributed by atoms with Crippen LogP contribution < -0.4 is 9.47 Å². The van der Waals surface area contributed by atoms with Crippen LogP contribution in [0, 0.1) is 0 Å². The quantitative estimate of drug-likeness (QED) is 0.761. The number of rotatable bonds is 6. The van der Waals surface area contributed by atoms with E-state index < -0.39 is 5.97 Å². The topological polar surface area (TPSA) is 70.5 Å². The van der Waals surface area contributed by atoms with E-state index in [1.165, 1.54) is 19.5 Å². The molecule has 2 aromatic rings. The summed E-state index contributed by atoms with van der Waals surface area (Å²) in [6.45, 7) is 2.73. The molecule has 2 rings (SSSR count). The number of ether oxygens (including phenoxy) is 3. The van der Waals surface area contributed by atoms with Crippen molar-refractivity contribution in [3.63, 3.8) is 0 Å². The second kappa shape index (κ2) is 7.23. The van der Waals surface area contributed by atoms with Crippen molar-refractivity contribution in [2.24, 2.45) is 0 Å². The lowest BCUT2D eigenvalue weighted by atomic mass is 10.3. The normalized spacial score (nSPS) is 10.0. The Balaban J connectivity index is 1.99. The molecule has 1 aromatic carbocycles. The van der Waals surface area contributed by atoms with Crippen molar-refractivity contribution in [1.29, 1.82) is 0 Å². The number of esters is 1. The van der Waals surface area contributed by atoms with Gasteiger partial charge in [-0.1, -0.05) is 6.92 Å². The number of aromatic nitrogens is 2. The molecule has 0 radical (unpaired) electrons. The Morgan fingerprint density at radius 3 is 2.38 bits per heavy atom. The molecule has 0 aliphatic heterocycles. The van der Waals surface area contributed by atoms with Gasteiger partial charge in [-0.2, -0.15) is 0 Å². The molecule has 6 nitrogen and oxygen atoms in total. The third kappa shape index (κ3) is 4.17. The lowest BCUT2D eigenvalue weighted by Gasteiger charge is -2.07. The van der Waals surface area contributed by atoms with Crippen LogP contribution in [0.5, 0.6) is 17.4 Å². The first kappa shape index (κ1) is 14.8. The maximum atomic E-state index is 11.2. The van der Waals surface area contributed by atoms with E-state index >= 15 is 0 Å². The summed E-state index contributed by atoms with van der Waals surface area (Å²) in [6.07, 6.45) is 3.63. The minimum atomic E-state index is -0.536. The summed E-state index contributed by atoms with van der Waals surface area (Å²) in [6, 6.07) is 7.20. The fourth-order valence-corrected chi connectivity index (χ4v) is 1.52. The number of hydrogen-bond donors (Lipinski definition) is 0. The Labute approximate surface area is 122 Å². The Hall–Kier alpha value is -2.63. The first-order valence-electron chi connectivity index (χ1n) is 6.54. The monoisotopic (exact) mass is 288 g/mol. The maximum Gasteiger partial charge on any atom is 0.358 e. The highest BCUT2D eigenvalue weighted by Crippen LogP contribution is 2.22. The highest BCUT2D eigenvalue weighted by atomic mass is 16.5. The van der Waals surface area contributed by atoms with Crippen LogP contribution in [-0.2, 0) is 4.74 Å². The van der Waals surface area contributed by atoms with Crippen molar-refractivity contribution < 1.29 is 19.0 Å². The van der Waals surface area contributed by atoms with E-state index in [4.69, 9.17) is 9.47 Å². The smallest absolute Gasteiger partial charge is 0.358 e. The van der Waals surface area contributed by atoms with Gasteiger partial charge in [0, 0.05) is 0 Å². The highest BCUT2D eigenvalue weighted by molar-refractivity contribution is 5.86. The van der Waals surface area contributed by atoms with Crippen molar-refractivity contribution in [1.82, 2.24) is 9.97 Å². The van der Waals surface area contributed by atoms with Crippen LogP contribution in [0.1, 0.15) is 23.8 Å². The van der Waals surface area contributed by atoms with Gasteiger partial charge in [-0.3, -0.25) is 0 Å². The summed E-state index contributed by atoms with van der Waals surface area (Å²) in [5, 5.41) is 0. The van der Waals surface area contributed by atoms with Crippen molar-refractivity contribution in [2.45, 2.75) is 13.3 Å². The van der Waals surface area contributed by atoms with Crippen molar-refractivity contribution >= 4 is 5.97 Å². The van der Waals surface area contributed by atoms with Gasteiger partial charge in [0.1, 0.15) is 11.5 Å². The minimum Gasteiger partial charge on any atom is -0.494 e. The molecule has 21 heavy (non-hydrogen) atoms. The molecule has 0 unspecified atom stereocenters. The molecular formula is C15H16N2O4. The molecule has 0 saturated heterocycles. The predicted molar refractivity (Wildman–Crippen MR) is 75.7 cm³/mol. The molecule has 110 valence electrons. The summed E-state index contributed by atoms with van der Waals surface area (Å²) in [4.78, 5) is 19.1. The van der Waals surface area contributed by atoms with E-state index in [2.05, 4.69) is 14.7 Å². The number of nitrogens with zero attached hydrogens (tertiary/aromatic N) is 2. The highest BCUT2D eigenvalue weighted by Gasteiger charge is 2.08. The first-order chi connectivity index (χ1) is 10.2.